The Morgan fingerprint density at radius 2 is 1.91 bits per heavy atom. The Morgan fingerprint density at radius 3 is 2.57 bits per heavy atom. The number of aromatic nitrogens is 4. The first-order chi connectivity index (χ1) is 16.7. The molecule has 5 rings (SSSR count). The van der Waals surface area contributed by atoms with E-state index in [4.69, 9.17) is 4.74 Å². The molecule has 1 aliphatic rings. The standard InChI is InChI=1S/C25H21F2N5O3/c1-25(2,34)23-29-11-15(12-30-23)13-6-7-16-17(8-13)32-18(9-19(33)22(32)31-16)21-14(10-28)4-3-5-20(21)35-24(26)27/h3-8,11-12,18-19,24,33-34H,9H2,1-2H3/t18-,19+/m1/s1. The van der Waals surface area contributed by atoms with Crippen LogP contribution in [0.5, 0.6) is 5.75 Å². The Kier molecular flexibility index (Phi) is 5.46. The molecule has 2 N–H and O–H groups in total. The fourth-order valence-corrected chi connectivity index (χ4v) is 4.50. The van der Waals surface area contributed by atoms with Crippen molar-refractivity contribution in [2.45, 2.75) is 44.6 Å². The van der Waals surface area contributed by atoms with E-state index in [1.165, 1.54) is 18.2 Å². The molecule has 10 heteroatoms. The number of nitriles is 1. The zero-order chi connectivity index (χ0) is 24.9. The summed E-state index contributed by atoms with van der Waals surface area (Å²) in [6.07, 6.45) is 2.42. The molecule has 0 bridgehead atoms. The molecule has 0 unspecified atom stereocenters. The SMILES string of the molecule is CC(C)(O)c1ncc(-c2ccc3nc4n(c3c2)[C@@H](c2c(C#N)cccc2OC(F)F)C[C@@H]4O)cn1. The van der Waals surface area contributed by atoms with Gasteiger partial charge >= 0.3 is 6.61 Å². The predicted molar refractivity (Wildman–Crippen MR) is 122 cm³/mol. The highest BCUT2D eigenvalue weighted by molar-refractivity contribution is 5.83. The molecule has 0 amide bonds. The van der Waals surface area contributed by atoms with Crippen LogP contribution in [-0.2, 0) is 5.60 Å². The molecule has 0 fully saturated rings. The summed E-state index contributed by atoms with van der Waals surface area (Å²) in [4.78, 5) is 13.1. The first-order valence-electron chi connectivity index (χ1n) is 10.9. The van der Waals surface area contributed by atoms with E-state index in [9.17, 15) is 24.3 Å². The van der Waals surface area contributed by atoms with Gasteiger partial charge in [-0.15, -0.1) is 0 Å². The van der Waals surface area contributed by atoms with Crippen LogP contribution < -0.4 is 4.74 Å². The molecular formula is C25H21F2N5O3. The largest absolute Gasteiger partial charge is 0.434 e. The molecule has 8 nitrogen and oxygen atoms in total. The lowest BCUT2D eigenvalue weighted by molar-refractivity contribution is -0.0507. The van der Waals surface area contributed by atoms with Crippen LogP contribution in [0.3, 0.4) is 0 Å². The number of halogens is 2. The highest BCUT2D eigenvalue weighted by Gasteiger charge is 2.37. The number of aliphatic hydroxyl groups is 2. The van der Waals surface area contributed by atoms with Crippen molar-refractivity contribution < 1.29 is 23.7 Å². The van der Waals surface area contributed by atoms with E-state index in [0.29, 0.717) is 22.4 Å². The van der Waals surface area contributed by atoms with Crippen LogP contribution in [0.1, 0.15) is 55.2 Å². The first kappa shape index (κ1) is 22.8. The molecule has 3 heterocycles. The molecule has 0 spiro atoms. The smallest absolute Gasteiger partial charge is 0.387 e. The van der Waals surface area contributed by atoms with Gasteiger partial charge in [0.05, 0.1) is 28.7 Å². The Morgan fingerprint density at radius 1 is 1.17 bits per heavy atom. The molecule has 0 saturated heterocycles. The summed E-state index contributed by atoms with van der Waals surface area (Å²) in [5.74, 6) is 0.555. The summed E-state index contributed by atoms with van der Waals surface area (Å²) in [6.45, 7) is 0.131. The molecule has 178 valence electrons. The zero-order valence-electron chi connectivity index (χ0n) is 18.9. The van der Waals surface area contributed by atoms with E-state index in [1.54, 1.807) is 36.9 Å². The highest BCUT2D eigenvalue weighted by Crippen LogP contribution is 2.45. The fourth-order valence-electron chi connectivity index (χ4n) is 4.50. The van der Waals surface area contributed by atoms with Crippen LogP contribution in [0.25, 0.3) is 22.2 Å². The average Bonchev–Trinajstić information content (AvgIpc) is 3.35. The molecule has 0 aliphatic carbocycles. The number of aliphatic hydroxyl groups excluding tert-OH is 1. The molecule has 2 aromatic carbocycles. The van der Waals surface area contributed by atoms with Crippen molar-refractivity contribution in [3.63, 3.8) is 0 Å². The number of hydrogen-bond acceptors (Lipinski definition) is 7. The third-order valence-electron chi connectivity index (χ3n) is 6.04. The molecule has 1 aliphatic heterocycles. The van der Waals surface area contributed by atoms with Gasteiger partial charge in [0.2, 0.25) is 0 Å². The normalized spacial score (nSPS) is 17.5. The third-order valence-corrected chi connectivity index (χ3v) is 6.04. The Labute approximate surface area is 199 Å². The summed E-state index contributed by atoms with van der Waals surface area (Å²) in [5, 5.41) is 30.5. The Balaban J connectivity index is 1.65. The molecule has 0 radical (unpaired) electrons. The van der Waals surface area contributed by atoms with Gasteiger partial charge in [0.1, 0.15) is 23.3 Å². The maximum atomic E-state index is 13.1. The van der Waals surface area contributed by atoms with Crippen molar-refractivity contribution in [1.82, 2.24) is 19.5 Å². The van der Waals surface area contributed by atoms with Crippen molar-refractivity contribution in [3.8, 4) is 22.9 Å². The predicted octanol–water partition coefficient (Wildman–Crippen LogP) is 4.22. The number of hydrogen-bond donors (Lipinski definition) is 2. The molecule has 4 aromatic rings. The number of ether oxygens (including phenoxy) is 1. The van der Waals surface area contributed by atoms with Crippen LogP contribution in [0.15, 0.2) is 48.8 Å². The van der Waals surface area contributed by atoms with Gasteiger partial charge in [-0.3, -0.25) is 0 Å². The van der Waals surface area contributed by atoms with Gasteiger partial charge in [-0.2, -0.15) is 14.0 Å². The monoisotopic (exact) mass is 477 g/mol. The van der Waals surface area contributed by atoms with E-state index in [-0.39, 0.29) is 29.1 Å². The number of imidazole rings is 1. The van der Waals surface area contributed by atoms with E-state index >= 15 is 0 Å². The van der Waals surface area contributed by atoms with E-state index < -0.39 is 24.4 Å². The van der Waals surface area contributed by atoms with Crippen molar-refractivity contribution in [2.75, 3.05) is 0 Å². The summed E-state index contributed by atoms with van der Waals surface area (Å²) >= 11 is 0. The van der Waals surface area contributed by atoms with Crippen LogP contribution in [0, 0.1) is 11.3 Å². The second-order valence-corrected chi connectivity index (χ2v) is 8.87. The van der Waals surface area contributed by atoms with Crippen molar-refractivity contribution in [1.29, 1.82) is 5.26 Å². The summed E-state index contributed by atoms with van der Waals surface area (Å²) < 4.78 is 32.8. The van der Waals surface area contributed by atoms with Gasteiger partial charge in [0, 0.05) is 29.9 Å². The number of fused-ring (bicyclic) bond motifs is 3. The Hall–Kier alpha value is -3.94. The van der Waals surface area contributed by atoms with E-state index in [1.807, 2.05) is 18.2 Å². The molecule has 35 heavy (non-hydrogen) atoms. The van der Waals surface area contributed by atoms with Crippen LogP contribution in [0.4, 0.5) is 8.78 Å². The summed E-state index contributed by atoms with van der Waals surface area (Å²) in [6, 6.07) is 11.3. The minimum absolute atomic E-state index is 0.113. The van der Waals surface area contributed by atoms with E-state index in [2.05, 4.69) is 15.0 Å². The van der Waals surface area contributed by atoms with Crippen LogP contribution >= 0.6 is 0 Å². The average molecular weight is 477 g/mol. The van der Waals surface area contributed by atoms with E-state index in [0.717, 1.165) is 5.56 Å². The van der Waals surface area contributed by atoms with Gasteiger partial charge < -0.3 is 19.5 Å². The molecular weight excluding hydrogens is 456 g/mol. The van der Waals surface area contributed by atoms with Gasteiger partial charge in [0.25, 0.3) is 0 Å². The van der Waals surface area contributed by atoms with Gasteiger partial charge in [-0.05, 0) is 43.7 Å². The summed E-state index contributed by atoms with van der Waals surface area (Å²) in [5.41, 5.74) is 2.00. The quantitative estimate of drug-likeness (QED) is 0.442. The van der Waals surface area contributed by atoms with Gasteiger partial charge in [0.15, 0.2) is 5.82 Å². The van der Waals surface area contributed by atoms with Crippen LogP contribution in [-0.4, -0.2) is 36.3 Å². The first-order valence-corrected chi connectivity index (χ1v) is 10.9. The molecule has 2 aromatic heterocycles. The number of rotatable bonds is 5. The number of nitrogens with zero attached hydrogens (tertiary/aromatic N) is 5. The zero-order valence-corrected chi connectivity index (χ0v) is 18.9. The lowest BCUT2D eigenvalue weighted by atomic mass is 9.97. The third kappa shape index (κ3) is 3.99. The second kappa shape index (κ2) is 8.37. The van der Waals surface area contributed by atoms with Crippen molar-refractivity contribution in [3.05, 3.63) is 71.6 Å². The van der Waals surface area contributed by atoms with Crippen molar-refractivity contribution >= 4 is 11.0 Å². The lowest BCUT2D eigenvalue weighted by Gasteiger charge is -2.20. The highest BCUT2D eigenvalue weighted by atomic mass is 19.3. The topological polar surface area (TPSA) is 117 Å². The number of alkyl halides is 2. The van der Waals surface area contributed by atoms with Gasteiger partial charge in [-0.25, -0.2) is 15.0 Å². The van der Waals surface area contributed by atoms with Gasteiger partial charge in [-0.1, -0.05) is 12.1 Å². The Bertz CT molecular complexity index is 1460. The van der Waals surface area contributed by atoms with Crippen molar-refractivity contribution in [2.24, 2.45) is 0 Å². The minimum atomic E-state index is -3.06. The number of benzene rings is 2. The fraction of sp³-hybridized carbons (Fsp3) is 0.280. The maximum Gasteiger partial charge on any atom is 0.387 e. The van der Waals surface area contributed by atoms with Crippen LogP contribution in [0.2, 0.25) is 0 Å². The second-order valence-electron chi connectivity index (χ2n) is 8.87. The lowest BCUT2D eigenvalue weighted by Crippen LogP contribution is -2.19. The maximum absolute atomic E-state index is 13.1. The minimum Gasteiger partial charge on any atom is -0.434 e. The summed E-state index contributed by atoms with van der Waals surface area (Å²) in [7, 11) is 0. The molecule has 0 saturated carbocycles. The molecule has 2 atom stereocenters.